The summed E-state index contributed by atoms with van der Waals surface area (Å²) in [4.78, 5) is 44.5. The van der Waals surface area contributed by atoms with Crippen LogP contribution in [0.2, 0.25) is 18.2 Å². The van der Waals surface area contributed by atoms with E-state index in [1.807, 2.05) is 13.8 Å². The Kier molecular flexibility index (Phi) is 7.88. The molecule has 2 atom stereocenters. The van der Waals surface area contributed by atoms with Crippen molar-refractivity contribution in [3.63, 3.8) is 0 Å². The van der Waals surface area contributed by atoms with Crippen molar-refractivity contribution in [2.75, 3.05) is 6.61 Å². The van der Waals surface area contributed by atoms with Crippen molar-refractivity contribution >= 4 is 37.8 Å². The Hall–Kier alpha value is -1.97. The number of nitrogens with one attached hydrogen (secondary N) is 1. The van der Waals surface area contributed by atoms with E-state index in [1.54, 1.807) is 11.5 Å². The highest BCUT2D eigenvalue weighted by Gasteiger charge is 2.38. The van der Waals surface area contributed by atoms with Crippen LogP contribution in [0.25, 0.3) is 11.2 Å². The van der Waals surface area contributed by atoms with Crippen LogP contribution in [0.3, 0.4) is 0 Å². The largest absolute Gasteiger partial charge is 0.462 e. The summed E-state index contributed by atoms with van der Waals surface area (Å²) in [5.41, 5.74) is -1.58. The molecule has 2 aromatic rings. The van der Waals surface area contributed by atoms with E-state index in [9.17, 15) is 14.4 Å². The number of H-pyrrole nitrogens is 1. The highest BCUT2D eigenvalue weighted by molar-refractivity contribution is 6.48. The third-order valence-electron chi connectivity index (χ3n) is 4.87. The molecule has 0 amide bonds. The smallest absolute Gasteiger partial charge is 0.343 e. The summed E-state index contributed by atoms with van der Waals surface area (Å²) in [6.07, 6.45) is 1.18. The Labute approximate surface area is 188 Å². The van der Waals surface area contributed by atoms with Crippen molar-refractivity contribution in [3.8, 4) is 0 Å². The predicted octanol–water partition coefficient (Wildman–Crippen LogP) is 3.79. The third kappa shape index (κ3) is 5.45. The van der Waals surface area contributed by atoms with Gasteiger partial charge in [0.05, 0.1) is 18.8 Å². The third-order valence-corrected chi connectivity index (χ3v) is 5.85. The lowest BCUT2D eigenvalue weighted by Gasteiger charge is -2.41. The van der Waals surface area contributed by atoms with Crippen LogP contribution in [0.5, 0.6) is 0 Å². The van der Waals surface area contributed by atoms with Gasteiger partial charge in [0, 0.05) is 6.20 Å². The van der Waals surface area contributed by atoms with E-state index in [4.69, 9.17) is 20.8 Å². The van der Waals surface area contributed by atoms with Crippen LogP contribution < -0.4 is 11.0 Å². The zero-order valence-corrected chi connectivity index (χ0v) is 21.1. The number of halogens is 1. The molecule has 31 heavy (non-hydrogen) atoms. The minimum Gasteiger partial charge on any atom is -0.462 e. The molecule has 0 aliphatic rings. The number of fused-ring (bicyclic) bond motifs is 1. The average molecular weight is 469 g/mol. The van der Waals surface area contributed by atoms with Crippen molar-refractivity contribution in [1.82, 2.24) is 14.5 Å². The van der Waals surface area contributed by atoms with Crippen LogP contribution in [0.4, 0.5) is 0 Å². The monoisotopic (exact) mass is 468 g/mol. The number of aromatic amines is 1. The molecule has 171 valence electrons. The molecule has 0 bridgehead atoms. The van der Waals surface area contributed by atoms with E-state index in [0.29, 0.717) is 0 Å². The second kappa shape index (κ2) is 9.66. The maximum Gasteiger partial charge on any atom is 0.343 e. The first kappa shape index (κ1) is 25.3. The summed E-state index contributed by atoms with van der Waals surface area (Å²) in [5.74, 6) is -0.718. The van der Waals surface area contributed by atoms with E-state index >= 15 is 0 Å². The molecule has 0 aromatic carbocycles. The molecule has 0 aliphatic heterocycles. The highest BCUT2D eigenvalue weighted by Crippen LogP contribution is 2.37. The summed E-state index contributed by atoms with van der Waals surface area (Å²) in [6.45, 7) is 16.2. The Bertz CT molecular complexity index is 1070. The number of pyridine rings is 1. The second-order valence-corrected chi connectivity index (χ2v) is 11.5. The van der Waals surface area contributed by atoms with Crippen LogP contribution in [0.1, 0.15) is 57.9 Å². The second-order valence-electron chi connectivity index (χ2n) is 9.10. The van der Waals surface area contributed by atoms with Crippen molar-refractivity contribution < 1.29 is 14.0 Å². The number of aromatic nitrogens is 3. The van der Waals surface area contributed by atoms with Gasteiger partial charge in [-0.25, -0.2) is 9.78 Å². The van der Waals surface area contributed by atoms with Gasteiger partial charge in [-0.2, -0.15) is 0 Å². The minimum absolute atomic E-state index is 0.0329. The molecule has 0 saturated heterocycles. The number of carbonyl (C=O) groups excluding carboxylic acids is 1. The Morgan fingerprint density at radius 1 is 1.29 bits per heavy atom. The SMILES string of the molecule is CCOC(=O)c1cn([C@@H](C(C)C)C(O[Si](C)C)C(C)(C)C)c2[nH]c(=O)c(Cl)nc2c1=O. The van der Waals surface area contributed by atoms with Gasteiger partial charge >= 0.3 is 5.97 Å². The molecule has 2 rings (SSSR count). The summed E-state index contributed by atoms with van der Waals surface area (Å²) in [6, 6.07) is -0.310. The van der Waals surface area contributed by atoms with E-state index in [2.05, 4.69) is 43.8 Å². The standard InChI is InChI=1S/C21H31ClN3O5Si/c1-9-29-20(28)12-10-25(18-13(15(12)26)23-17(22)19(27)24-18)14(11(2)3)16(21(4,5)6)30-31(7)8/h10-11,14,16H,9H2,1-8H3,(H,24,27)/t14-,16?/m0/s1. The molecule has 1 N–H and O–H groups in total. The van der Waals surface area contributed by atoms with Gasteiger partial charge in [0.1, 0.15) is 11.2 Å². The number of nitrogens with zero attached hydrogens (tertiary/aromatic N) is 2. The first-order valence-electron chi connectivity index (χ1n) is 10.3. The fourth-order valence-corrected chi connectivity index (χ4v) is 4.71. The van der Waals surface area contributed by atoms with Crippen molar-refractivity contribution in [1.29, 1.82) is 0 Å². The fourth-order valence-electron chi connectivity index (χ4n) is 3.57. The lowest BCUT2D eigenvalue weighted by molar-refractivity contribution is 0.0209. The lowest BCUT2D eigenvalue weighted by Crippen LogP contribution is -2.43. The Balaban J connectivity index is 2.96. The normalized spacial score (nSPS) is 14.3. The van der Waals surface area contributed by atoms with Crippen molar-refractivity contribution in [3.05, 3.63) is 37.5 Å². The first-order chi connectivity index (χ1) is 14.3. The van der Waals surface area contributed by atoms with Gasteiger partial charge < -0.3 is 18.7 Å². The summed E-state index contributed by atoms with van der Waals surface area (Å²) < 4.78 is 13.2. The molecule has 0 fully saturated rings. The summed E-state index contributed by atoms with van der Waals surface area (Å²) in [7, 11) is -1.09. The maximum atomic E-state index is 13.0. The quantitative estimate of drug-likeness (QED) is 0.489. The average Bonchev–Trinajstić information content (AvgIpc) is 2.63. The van der Waals surface area contributed by atoms with Crippen LogP contribution in [-0.4, -0.2) is 42.3 Å². The fraction of sp³-hybridized carbons (Fsp3) is 0.619. The number of carbonyl (C=O) groups is 1. The molecule has 8 nitrogen and oxygen atoms in total. The van der Waals surface area contributed by atoms with Crippen LogP contribution >= 0.6 is 11.6 Å². The Morgan fingerprint density at radius 3 is 2.39 bits per heavy atom. The maximum absolute atomic E-state index is 13.0. The number of rotatable bonds is 7. The topological polar surface area (TPSA) is 103 Å². The summed E-state index contributed by atoms with van der Waals surface area (Å²) in [5, 5.41) is -0.366. The molecule has 0 saturated carbocycles. The van der Waals surface area contributed by atoms with Crippen LogP contribution in [0, 0.1) is 11.3 Å². The zero-order valence-electron chi connectivity index (χ0n) is 19.3. The Morgan fingerprint density at radius 2 is 1.90 bits per heavy atom. The van der Waals surface area contributed by atoms with Gasteiger partial charge in [0.25, 0.3) is 5.56 Å². The van der Waals surface area contributed by atoms with E-state index in [-0.39, 0.29) is 52.0 Å². The van der Waals surface area contributed by atoms with Crippen LogP contribution in [-0.2, 0) is 9.16 Å². The zero-order chi connectivity index (χ0) is 23.7. The van der Waals surface area contributed by atoms with Gasteiger partial charge in [-0.1, -0.05) is 46.2 Å². The number of hydrogen-bond donors (Lipinski definition) is 1. The van der Waals surface area contributed by atoms with E-state index in [1.165, 1.54) is 6.20 Å². The molecule has 0 spiro atoms. The minimum atomic E-state index is -1.09. The van der Waals surface area contributed by atoms with Crippen LogP contribution in [0.15, 0.2) is 15.8 Å². The molecule has 2 aromatic heterocycles. The number of ether oxygens (including phenoxy) is 1. The van der Waals surface area contributed by atoms with Gasteiger partial charge in [0.15, 0.2) is 10.7 Å². The lowest BCUT2D eigenvalue weighted by atomic mass is 9.80. The first-order valence-corrected chi connectivity index (χ1v) is 13.1. The summed E-state index contributed by atoms with van der Waals surface area (Å²) >= 11 is 5.91. The molecule has 1 radical (unpaired) electrons. The van der Waals surface area contributed by atoms with Crippen molar-refractivity contribution in [2.24, 2.45) is 11.3 Å². The van der Waals surface area contributed by atoms with Gasteiger partial charge in [-0.05, 0) is 31.4 Å². The number of esters is 1. The van der Waals surface area contributed by atoms with Gasteiger partial charge in [0.2, 0.25) is 14.5 Å². The highest BCUT2D eigenvalue weighted by atomic mass is 35.5. The van der Waals surface area contributed by atoms with Gasteiger partial charge in [-0.3, -0.25) is 9.59 Å². The van der Waals surface area contributed by atoms with E-state index in [0.717, 1.165) is 0 Å². The van der Waals surface area contributed by atoms with Crippen molar-refractivity contribution in [2.45, 2.75) is 66.8 Å². The molecule has 2 heterocycles. The molecule has 1 unspecified atom stereocenters. The van der Waals surface area contributed by atoms with Gasteiger partial charge in [-0.15, -0.1) is 0 Å². The molecular weight excluding hydrogens is 438 g/mol. The molecular formula is C21H31ClN3O5Si. The molecule has 10 heteroatoms. The predicted molar refractivity (Wildman–Crippen MR) is 123 cm³/mol. The van der Waals surface area contributed by atoms with E-state index < -0.39 is 26.0 Å². The number of hydrogen-bond acceptors (Lipinski definition) is 6. The molecule has 0 aliphatic carbocycles.